The topological polar surface area (TPSA) is 50.7 Å². The largest absolute Gasteiger partial charge is 0.495 e. The molecule has 2 fully saturated rings. The SMILES string of the molecule is COc1ccccc1N1CCN(c2nc(C3CC3)nc3c(OC)cccc23)CC1. The monoisotopic (exact) mass is 390 g/mol. The molecule has 150 valence electrons. The molecular formula is C23H26N4O2. The van der Waals surface area contributed by atoms with E-state index in [0.717, 1.165) is 65.9 Å². The van der Waals surface area contributed by atoms with Crippen LogP contribution in [0, 0.1) is 0 Å². The normalized spacial score (nSPS) is 16.9. The zero-order chi connectivity index (χ0) is 19.8. The van der Waals surface area contributed by atoms with Gasteiger partial charge in [0.25, 0.3) is 0 Å². The Morgan fingerprint density at radius 3 is 2.21 bits per heavy atom. The van der Waals surface area contributed by atoms with E-state index < -0.39 is 0 Å². The lowest BCUT2D eigenvalue weighted by Crippen LogP contribution is -2.47. The first-order chi connectivity index (χ1) is 14.3. The summed E-state index contributed by atoms with van der Waals surface area (Å²) in [6.07, 6.45) is 2.36. The molecule has 0 atom stereocenters. The molecule has 1 aromatic heterocycles. The van der Waals surface area contributed by atoms with E-state index in [0.29, 0.717) is 5.92 Å². The molecule has 0 spiro atoms. The Labute approximate surface area is 171 Å². The molecule has 0 bridgehead atoms. The van der Waals surface area contributed by atoms with Crippen LogP contribution in [-0.4, -0.2) is 50.4 Å². The lowest BCUT2D eigenvalue weighted by atomic mass is 10.1. The highest BCUT2D eigenvalue weighted by atomic mass is 16.5. The van der Waals surface area contributed by atoms with Crippen molar-refractivity contribution in [2.75, 3.05) is 50.2 Å². The first kappa shape index (κ1) is 18.0. The van der Waals surface area contributed by atoms with E-state index in [1.54, 1.807) is 14.2 Å². The number of aromatic nitrogens is 2. The second-order valence-corrected chi connectivity index (χ2v) is 7.68. The summed E-state index contributed by atoms with van der Waals surface area (Å²) in [7, 11) is 3.44. The van der Waals surface area contributed by atoms with Crippen molar-refractivity contribution in [1.82, 2.24) is 9.97 Å². The predicted octanol–water partition coefficient (Wildman–Crippen LogP) is 3.85. The highest BCUT2D eigenvalue weighted by Crippen LogP contribution is 2.41. The van der Waals surface area contributed by atoms with Gasteiger partial charge >= 0.3 is 0 Å². The van der Waals surface area contributed by atoms with E-state index in [1.807, 2.05) is 24.3 Å². The molecule has 0 N–H and O–H groups in total. The van der Waals surface area contributed by atoms with Gasteiger partial charge in [0.05, 0.1) is 19.9 Å². The quantitative estimate of drug-likeness (QED) is 0.660. The van der Waals surface area contributed by atoms with Gasteiger partial charge in [0.15, 0.2) is 0 Å². The molecule has 1 aliphatic heterocycles. The van der Waals surface area contributed by atoms with Crippen molar-refractivity contribution in [3.05, 3.63) is 48.3 Å². The predicted molar refractivity (Wildman–Crippen MR) is 115 cm³/mol. The van der Waals surface area contributed by atoms with Gasteiger partial charge < -0.3 is 19.3 Å². The fourth-order valence-corrected chi connectivity index (χ4v) is 4.11. The molecule has 3 aromatic rings. The van der Waals surface area contributed by atoms with Crippen LogP contribution in [0.4, 0.5) is 11.5 Å². The molecule has 2 heterocycles. The number of hydrogen-bond donors (Lipinski definition) is 0. The summed E-state index contributed by atoms with van der Waals surface area (Å²) >= 11 is 0. The number of fused-ring (bicyclic) bond motifs is 1. The van der Waals surface area contributed by atoms with Crippen LogP contribution in [0.25, 0.3) is 10.9 Å². The Hall–Kier alpha value is -3.02. The zero-order valence-electron chi connectivity index (χ0n) is 17.0. The average Bonchev–Trinajstić information content (AvgIpc) is 3.63. The van der Waals surface area contributed by atoms with Gasteiger partial charge in [-0.3, -0.25) is 0 Å². The smallest absolute Gasteiger partial charge is 0.145 e. The summed E-state index contributed by atoms with van der Waals surface area (Å²) in [6, 6.07) is 14.3. The maximum atomic E-state index is 5.59. The zero-order valence-corrected chi connectivity index (χ0v) is 17.0. The van der Waals surface area contributed by atoms with Crippen molar-refractivity contribution in [2.45, 2.75) is 18.8 Å². The number of methoxy groups -OCH3 is 2. The fourth-order valence-electron chi connectivity index (χ4n) is 4.11. The number of hydrogen-bond acceptors (Lipinski definition) is 6. The highest BCUT2D eigenvalue weighted by Gasteiger charge is 2.30. The number of para-hydroxylation sites is 3. The van der Waals surface area contributed by atoms with Gasteiger partial charge in [0, 0.05) is 37.5 Å². The van der Waals surface area contributed by atoms with E-state index in [9.17, 15) is 0 Å². The summed E-state index contributed by atoms with van der Waals surface area (Å²) in [4.78, 5) is 14.6. The van der Waals surface area contributed by atoms with Gasteiger partial charge in [-0.1, -0.05) is 18.2 Å². The number of piperazine rings is 1. The summed E-state index contributed by atoms with van der Waals surface area (Å²) in [5.41, 5.74) is 2.08. The van der Waals surface area contributed by atoms with Gasteiger partial charge in [-0.25, -0.2) is 9.97 Å². The van der Waals surface area contributed by atoms with Crippen LogP contribution in [0.1, 0.15) is 24.6 Å². The number of anilines is 2. The Morgan fingerprint density at radius 1 is 0.793 bits per heavy atom. The Balaban J connectivity index is 1.46. The van der Waals surface area contributed by atoms with Gasteiger partial charge in [-0.15, -0.1) is 0 Å². The van der Waals surface area contributed by atoms with Crippen molar-refractivity contribution in [2.24, 2.45) is 0 Å². The maximum absolute atomic E-state index is 5.59. The number of rotatable bonds is 5. The molecule has 0 radical (unpaired) electrons. The molecule has 2 aromatic carbocycles. The molecule has 6 heteroatoms. The molecule has 1 saturated carbocycles. The lowest BCUT2D eigenvalue weighted by molar-refractivity contribution is 0.413. The molecule has 0 unspecified atom stereocenters. The Kier molecular flexibility index (Phi) is 4.62. The molecule has 1 saturated heterocycles. The van der Waals surface area contributed by atoms with Crippen LogP contribution in [0.2, 0.25) is 0 Å². The van der Waals surface area contributed by atoms with Gasteiger partial charge in [-0.05, 0) is 37.1 Å². The molecule has 5 rings (SSSR count). The minimum atomic E-state index is 0.498. The van der Waals surface area contributed by atoms with Gasteiger partial charge in [0.1, 0.15) is 28.7 Å². The Morgan fingerprint density at radius 2 is 1.48 bits per heavy atom. The number of nitrogens with zero attached hydrogens (tertiary/aromatic N) is 4. The highest BCUT2D eigenvalue weighted by molar-refractivity contribution is 5.93. The molecule has 29 heavy (non-hydrogen) atoms. The fraction of sp³-hybridized carbons (Fsp3) is 0.391. The second kappa shape index (κ2) is 7.43. The first-order valence-electron chi connectivity index (χ1n) is 10.3. The van der Waals surface area contributed by atoms with Gasteiger partial charge in [-0.2, -0.15) is 0 Å². The summed E-state index contributed by atoms with van der Waals surface area (Å²) in [5.74, 6) is 4.24. The molecule has 2 aliphatic rings. The van der Waals surface area contributed by atoms with E-state index in [4.69, 9.17) is 19.4 Å². The Bertz CT molecular complexity index is 1030. The van der Waals surface area contributed by atoms with E-state index >= 15 is 0 Å². The third-order valence-corrected chi connectivity index (χ3v) is 5.85. The third-order valence-electron chi connectivity index (χ3n) is 5.85. The van der Waals surface area contributed by atoms with Crippen molar-refractivity contribution in [3.63, 3.8) is 0 Å². The van der Waals surface area contributed by atoms with Crippen molar-refractivity contribution >= 4 is 22.4 Å². The maximum Gasteiger partial charge on any atom is 0.145 e. The first-order valence-corrected chi connectivity index (χ1v) is 10.3. The standard InChI is InChI=1S/C23H26N4O2/c1-28-19-8-4-3-7-18(19)26-12-14-27(15-13-26)23-17-6-5-9-20(29-2)21(17)24-22(25-23)16-10-11-16/h3-9,16H,10-15H2,1-2H3. The summed E-state index contributed by atoms with van der Waals surface area (Å²) < 4.78 is 11.1. The minimum absolute atomic E-state index is 0.498. The lowest BCUT2D eigenvalue weighted by Gasteiger charge is -2.37. The van der Waals surface area contributed by atoms with Crippen LogP contribution in [0.15, 0.2) is 42.5 Å². The van der Waals surface area contributed by atoms with Crippen molar-refractivity contribution in [3.8, 4) is 11.5 Å². The van der Waals surface area contributed by atoms with Crippen molar-refractivity contribution < 1.29 is 9.47 Å². The molecule has 1 aliphatic carbocycles. The minimum Gasteiger partial charge on any atom is -0.495 e. The van der Waals surface area contributed by atoms with Crippen LogP contribution >= 0.6 is 0 Å². The van der Waals surface area contributed by atoms with E-state index in [1.165, 1.54) is 12.8 Å². The number of benzene rings is 2. The molecule has 6 nitrogen and oxygen atoms in total. The number of ether oxygens (including phenoxy) is 2. The van der Waals surface area contributed by atoms with Crippen LogP contribution < -0.4 is 19.3 Å². The molecular weight excluding hydrogens is 364 g/mol. The van der Waals surface area contributed by atoms with Gasteiger partial charge in [0.2, 0.25) is 0 Å². The molecule has 0 amide bonds. The van der Waals surface area contributed by atoms with Crippen LogP contribution in [-0.2, 0) is 0 Å². The van der Waals surface area contributed by atoms with Crippen LogP contribution in [0.5, 0.6) is 11.5 Å². The average molecular weight is 390 g/mol. The van der Waals surface area contributed by atoms with E-state index in [-0.39, 0.29) is 0 Å². The van der Waals surface area contributed by atoms with Crippen LogP contribution in [0.3, 0.4) is 0 Å². The van der Waals surface area contributed by atoms with E-state index in [2.05, 4.69) is 28.0 Å². The third kappa shape index (κ3) is 3.33. The summed E-state index contributed by atoms with van der Waals surface area (Å²) in [5, 5.41) is 1.07. The van der Waals surface area contributed by atoms with Crippen molar-refractivity contribution in [1.29, 1.82) is 0 Å². The summed E-state index contributed by atoms with van der Waals surface area (Å²) in [6.45, 7) is 3.67. The second-order valence-electron chi connectivity index (χ2n) is 7.68.